The van der Waals surface area contributed by atoms with Crippen LogP contribution < -0.4 is 9.62 Å². The summed E-state index contributed by atoms with van der Waals surface area (Å²) in [4.78, 5) is 13.2. The van der Waals surface area contributed by atoms with E-state index in [0.29, 0.717) is 37.2 Å². The van der Waals surface area contributed by atoms with Gasteiger partial charge in [0.25, 0.3) is 5.91 Å². The number of anilines is 2. The average molecular weight is 646 g/mol. The minimum absolute atomic E-state index is 0.00114. The number of rotatable bonds is 8. The van der Waals surface area contributed by atoms with Crippen molar-refractivity contribution in [3.63, 3.8) is 0 Å². The number of carbonyl (C=O) groups excluding carboxylic acids is 1. The third kappa shape index (κ3) is 6.25. The summed E-state index contributed by atoms with van der Waals surface area (Å²) >= 11 is 19.9. The first kappa shape index (κ1) is 27.0. The molecule has 0 bridgehead atoms. The summed E-state index contributed by atoms with van der Waals surface area (Å²) in [5.74, 6) is -0.420. The lowest BCUT2D eigenvalue weighted by atomic mass is 10.1. The van der Waals surface area contributed by atoms with Crippen molar-refractivity contribution in [1.29, 1.82) is 0 Å². The average Bonchev–Trinajstić information content (AvgIpc) is 3.26. The fraction of sp³-hybridized carbons (Fsp3) is 0.0870. The monoisotopic (exact) mass is 643 g/mol. The SMILES string of the molecule is O=C(NCc1c(Cl)cc(Cl)cc1Cl)c1ccc(Br)cc1N(c1nsnc1Cc1ccccc1)S(=O)[O-]. The molecule has 3 aromatic carbocycles. The van der Waals surface area contributed by atoms with Gasteiger partial charge in [-0.3, -0.25) is 13.3 Å². The van der Waals surface area contributed by atoms with Gasteiger partial charge in [-0.2, -0.15) is 8.75 Å². The molecule has 0 saturated carbocycles. The molecule has 0 spiro atoms. The molecule has 1 heterocycles. The number of amides is 1. The van der Waals surface area contributed by atoms with Crippen LogP contribution in [0, 0.1) is 0 Å². The van der Waals surface area contributed by atoms with Crippen LogP contribution in [0.3, 0.4) is 0 Å². The van der Waals surface area contributed by atoms with E-state index in [1.54, 1.807) is 6.07 Å². The third-order valence-corrected chi connectivity index (χ3v) is 7.66. The van der Waals surface area contributed by atoms with E-state index in [-0.39, 0.29) is 23.6 Å². The fourth-order valence-electron chi connectivity index (χ4n) is 3.39. The van der Waals surface area contributed by atoms with Gasteiger partial charge in [0.05, 0.1) is 34.2 Å². The zero-order chi connectivity index (χ0) is 25.8. The highest BCUT2D eigenvalue weighted by Gasteiger charge is 2.25. The molecule has 1 N–H and O–H groups in total. The van der Waals surface area contributed by atoms with E-state index in [1.165, 1.54) is 24.3 Å². The van der Waals surface area contributed by atoms with Gasteiger partial charge in [0, 0.05) is 38.1 Å². The van der Waals surface area contributed by atoms with E-state index in [1.807, 2.05) is 30.3 Å². The van der Waals surface area contributed by atoms with Gasteiger partial charge < -0.3 is 9.87 Å². The Morgan fingerprint density at radius 2 is 1.75 bits per heavy atom. The zero-order valence-electron chi connectivity index (χ0n) is 18.1. The molecule has 1 atom stereocenters. The second-order valence-electron chi connectivity index (χ2n) is 7.40. The lowest BCUT2D eigenvalue weighted by Crippen LogP contribution is -2.28. The van der Waals surface area contributed by atoms with Crippen LogP contribution in [0.25, 0.3) is 0 Å². The first-order valence-electron chi connectivity index (χ1n) is 10.2. The summed E-state index contributed by atoms with van der Waals surface area (Å²) in [5, 5.41) is 3.70. The predicted molar refractivity (Wildman–Crippen MR) is 147 cm³/mol. The highest BCUT2D eigenvalue weighted by atomic mass is 79.9. The molecule has 0 aliphatic rings. The van der Waals surface area contributed by atoms with E-state index in [2.05, 4.69) is 30.0 Å². The van der Waals surface area contributed by atoms with Crippen molar-refractivity contribution in [1.82, 2.24) is 14.1 Å². The standard InChI is InChI=1S/C23H16BrCl3N4O3S2/c24-14-6-7-16(23(32)28-12-17-18(26)10-15(25)11-19(17)27)21(9-14)31(36(33)34)22-20(29-35-30-22)8-13-4-2-1-3-5-13/h1-7,9-11H,8,12H2,(H,28,32)(H,33,34)/p-1. The van der Waals surface area contributed by atoms with Crippen molar-refractivity contribution in [2.24, 2.45) is 0 Å². The summed E-state index contributed by atoms with van der Waals surface area (Å²) in [6, 6.07) is 17.2. The van der Waals surface area contributed by atoms with Crippen molar-refractivity contribution in [2.75, 3.05) is 4.31 Å². The number of nitrogens with one attached hydrogen (secondary N) is 1. The van der Waals surface area contributed by atoms with Gasteiger partial charge in [-0.25, -0.2) is 0 Å². The molecular weight excluding hydrogens is 631 g/mol. The topological polar surface area (TPSA) is 98.2 Å². The first-order chi connectivity index (χ1) is 17.2. The molecular formula is C23H15BrCl3N4O3S2-. The molecule has 4 aromatic rings. The molecule has 0 aliphatic carbocycles. The summed E-state index contributed by atoms with van der Waals surface area (Å²) in [6.45, 7) is 0.00114. The molecule has 0 saturated heterocycles. The smallest absolute Gasteiger partial charge is 0.253 e. The summed E-state index contributed by atoms with van der Waals surface area (Å²) in [6.07, 6.45) is 0.365. The molecule has 0 fully saturated rings. The number of hydrogen-bond donors (Lipinski definition) is 1. The number of benzene rings is 3. The highest BCUT2D eigenvalue weighted by molar-refractivity contribution is 9.10. The molecule has 36 heavy (non-hydrogen) atoms. The quantitative estimate of drug-likeness (QED) is 0.215. The Hall–Kier alpha value is -2.05. The number of hydrogen-bond acceptors (Lipinski definition) is 6. The van der Waals surface area contributed by atoms with Gasteiger partial charge in [-0.1, -0.05) is 81.1 Å². The molecule has 0 aliphatic heterocycles. The lowest BCUT2D eigenvalue weighted by molar-refractivity contribution is 0.0951. The van der Waals surface area contributed by atoms with Crippen molar-refractivity contribution in [3.05, 3.63) is 103 Å². The molecule has 1 aromatic heterocycles. The zero-order valence-corrected chi connectivity index (χ0v) is 23.6. The Morgan fingerprint density at radius 1 is 1.06 bits per heavy atom. The minimum atomic E-state index is -2.81. The van der Waals surface area contributed by atoms with Crippen LogP contribution in [-0.2, 0) is 24.2 Å². The van der Waals surface area contributed by atoms with Crippen LogP contribution in [-0.4, -0.2) is 23.4 Å². The van der Waals surface area contributed by atoms with Gasteiger partial charge in [0.15, 0.2) is 5.82 Å². The van der Waals surface area contributed by atoms with Crippen molar-refractivity contribution in [3.8, 4) is 0 Å². The molecule has 0 radical (unpaired) electrons. The largest absolute Gasteiger partial charge is 0.755 e. The summed E-state index contributed by atoms with van der Waals surface area (Å²) < 4.78 is 35.0. The van der Waals surface area contributed by atoms with Crippen LogP contribution in [0.2, 0.25) is 15.1 Å². The van der Waals surface area contributed by atoms with Gasteiger partial charge in [0.1, 0.15) is 5.69 Å². The number of halogens is 4. The Bertz CT molecular complexity index is 1420. The van der Waals surface area contributed by atoms with Crippen molar-refractivity contribution in [2.45, 2.75) is 13.0 Å². The maximum Gasteiger partial charge on any atom is 0.253 e. The van der Waals surface area contributed by atoms with Crippen LogP contribution in [0.15, 0.2) is 65.1 Å². The predicted octanol–water partition coefficient (Wildman–Crippen LogP) is 6.71. The lowest BCUT2D eigenvalue weighted by Gasteiger charge is -2.27. The van der Waals surface area contributed by atoms with E-state index in [9.17, 15) is 13.6 Å². The summed E-state index contributed by atoms with van der Waals surface area (Å²) in [5.41, 5.74) is 2.08. The molecule has 1 amide bonds. The maximum absolute atomic E-state index is 13.2. The fourth-order valence-corrected chi connectivity index (χ4v) is 5.89. The Balaban J connectivity index is 1.68. The number of nitrogens with zero attached hydrogens (tertiary/aromatic N) is 3. The Morgan fingerprint density at radius 3 is 2.42 bits per heavy atom. The van der Waals surface area contributed by atoms with Crippen LogP contribution >= 0.6 is 62.5 Å². The first-order valence-corrected chi connectivity index (χ1v) is 13.9. The summed E-state index contributed by atoms with van der Waals surface area (Å²) in [7, 11) is 0. The van der Waals surface area contributed by atoms with Crippen LogP contribution in [0.5, 0.6) is 0 Å². The minimum Gasteiger partial charge on any atom is -0.755 e. The van der Waals surface area contributed by atoms with Crippen molar-refractivity contribution >= 4 is 91.1 Å². The normalized spacial score (nSPS) is 11.8. The molecule has 7 nitrogen and oxygen atoms in total. The van der Waals surface area contributed by atoms with Gasteiger partial charge in [-0.15, -0.1) is 0 Å². The van der Waals surface area contributed by atoms with Crippen LogP contribution in [0.1, 0.15) is 27.2 Å². The number of carbonyl (C=O) groups is 1. The number of aromatic nitrogens is 2. The van der Waals surface area contributed by atoms with E-state index in [0.717, 1.165) is 21.6 Å². The van der Waals surface area contributed by atoms with Crippen molar-refractivity contribution < 1.29 is 13.6 Å². The Kier molecular flexibility index (Phi) is 9.00. The van der Waals surface area contributed by atoms with E-state index >= 15 is 0 Å². The van der Waals surface area contributed by atoms with E-state index in [4.69, 9.17) is 34.8 Å². The molecule has 1 unspecified atom stereocenters. The highest BCUT2D eigenvalue weighted by Crippen LogP contribution is 2.35. The Labute approximate surface area is 237 Å². The van der Waals surface area contributed by atoms with Gasteiger partial charge >= 0.3 is 0 Å². The molecule has 13 heteroatoms. The van der Waals surface area contributed by atoms with Gasteiger partial charge in [-0.05, 0) is 35.9 Å². The second-order valence-corrected chi connectivity index (χ2v) is 10.9. The molecule has 186 valence electrons. The van der Waals surface area contributed by atoms with Crippen LogP contribution in [0.4, 0.5) is 11.5 Å². The van der Waals surface area contributed by atoms with E-state index < -0.39 is 17.2 Å². The molecule has 4 rings (SSSR count). The van der Waals surface area contributed by atoms with Gasteiger partial charge in [0.2, 0.25) is 0 Å². The third-order valence-electron chi connectivity index (χ3n) is 5.05. The maximum atomic E-state index is 13.2. The second kappa shape index (κ2) is 12.0.